The van der Waals surface area contributed by atoms with E-state index in [1.165, 1.54) is 0 Å². The molecule has 0 saturated carbocycles. The van der Waals surface area contributed by atoms with Gasteiger partial charge in [0.15, 0.2) is 0 Å². The minimum absolute atomic E-state index is 0.0137. The summed E-state index contributed by atoms with van der Waals surface area (Å²) in [5.41, 5.74) is 4.00. The van der Waals surface area contributed by atoms with Crippen molar-refractivity contribution < 1.29 is 0 Å². The maximum absolute atomic E-state index is 10.0. The van der Waals surface area contributed by atoms with E-state index in [4.69, 9.17) is 0 Å². The summed E-state index contributed by atoms with van der Waals surface area (Å²) < 4.78 is 0. The molecule has 0 aliphatic carbocycles. The molecule has 0 atom stereocenters. The van der Waals surface area contributed by atoms with E-state index in [1.54, 1.807) is 0 Å². The van der Waals surface area contributed by atoms with Gasteiger partial charge in [0.2, 0.25) is 0 Å². The standard InChI is InChI=1S/C10H17NO/c1-5-9(2)6-7-10(3,4)8-11-12/h1,6-8H2,2-4H3. The molecule has 0 bridgehead atoms. The Kier molecular flexibility index (Phi) is 4.53. The van der Waals surface area contributed by atoms with Crippen LogP contribution in [0.2, 0.25) is 0 Å². The van der Waals surface area contributed by atoms with Gasteiger partial charge in [0, 0.05) is 0 Å². The maximum Gasteiger partial charge on any atom is 0.0862 e. The fourth-order valence-electron chi connectivity index (χ4n) is 0.868. The summed E-state index contributed by atoms with van der Waals surface area (Å²) in [7, 11) is 0. The van der Waals surface area contributed by atoms with Crippen LogP contribution in [0, 0.1) is 10.3 Å². The minimum atomic E-state index is 0.0137. The zero-order valence-corrected chi connectivity index (χ0v) is 8.18. The molecule has 0 spiro atoms. The molecule has 0 N–H and O–H groups in total. The van der Waals surface area contributed by atoms with Crippen LogP contribution >= 0.6 is 0 Å². The Labute approximate surface area is 74.3 Å². The van der Waals surface area contributed by atoms with E-state index in [9.17, 15) is 4.91 Å². The Morgan fingerprint density at radius 2 is 2.17 bits per heavy atom. The van der Waals surface area contributed by atoms with Crippen molar-refractivity contribution in [3.63, 3.8) is 0 Å². The van der Waals surface area contributed by atoms with Gasteiger partial charge in [0.25, 0.3) is 0 Å². The molecule has 0 aromatic carbocycles. The summed E-state index contributed by atoms with van der Waals surface area (Å²) in [6.07, 6.45) is 1.92. The van der Waals surface area contributed by atoms with Crippen molar-refractivity contribution >= 4 is 0 Å². The highest BCUT2D eigenvalue weighted by molar-refractivity contribution is 4.95. The Bertz CT molecular complexity index is 200. The van der Waals surface area contributed by atoms with Crippen LogP contribution in [-0.4, -0.2) is 6.54 Å². The number of nitrogens with zero attached hydrogens (tertiary/aromatic N) is 1. The molecule has 0 fully saturated rings. The maximum atomic E-state index is 10.0. The van der Waals surface area contributed by atoms with Gasteiger partial charge in [-0.2, -0.15) is 4.91 Å². The molecular weight excluding hydrogens is 150 g/mol. The van der Waals surface area contributed by atoms with Crippen LogP contribution in [0.1, 0.15) is 33.6 Å². The van der Waals surface area contributed by atoms with Gasteiger partial charge in [-0.15, -0.1) is 5.73 Å². The molecule has 68 valence electrons. The fraction of sp³-hybridized carbons (Fsp3) is 0.700. The minimum Gasteiger partial charge on any atom is -0.151 e. The largest absolute Gasteiger partial charge is 0.151 e. The highest BCUT2D eigenvalue weighted by Gasteiger charge is 2.17. The number of hydrogen-bond donors (Lipinski definition) is 0. The third kappa shape index (κ3) is 4.86. The number of hydrogen-bond acceptors (Lipinski definition) is 2. The zero-order valence-electron chi connectivity index (χ0n) is 8.18. The molecule has 12 heavy (non-hydrogen) atoms. The van der Waals surface area contributed by atoms with Crippen molar-refractivity contribution in [1.29, 1.82) is 0 Å². The van der Waals surface area contributed by atoms with Gasteiger partial charge in [0.05, 0.1) is 6.54 Å². The second-order valence-electron chi connectivity index (χ2n) is 3.91. The lowest BCUT2D eigenvalue weighted by molar-refractivity contribution is 0.347. The lowest BCUT2D eigenvalue weighted by Crippen LogP contribution is -2.14. The van der Waals surface area contributed by atoms with Crippen molar-refractivity contribution in [1.82, 2.24) is 0 Å². The van der Waals surface area contributed by atoms with Gasteiger partial charge >= 0.3 is 0 Å². The first-order valence-corrected chi connectivity index (χ1v) is 4.16. The van der Waals surface area contributed by atoms with Crippen LogP contribution in [0.25, 0.3) is 0 Å². The molecule has 0 aliphatic rings. The molecule has 0 aromatic rings. The lowest BCUT2D eigenvalue weighted by atomic mass is 9.87. The Morgan fingerprint density at radius 1 is 1.58 bits per heavy atom. The van der Waals surface area contributed by atoms with E-state index in [1.807, 2.05) is 20.8 Å². The van der Waals surface area contributed by atoms with E-state index in [0.717, 1.165) is 18.4 Å². The third-order valence-corrected chi connectivity index (χ3v) is 1.97. The number of allylic oxidation sites excluding steroid dienone is 1. The first-order valence-electron chi connectivity index (χ1n) is 4.16. The molecule has 0 saturated heterocycles. The zero-order chi connectivity index (χ0) is 9.61. The molecule has 0 aromatic heterocycles. The van der Waals surface area contributed by atoms with Crippen molar-refractivity contribution in [3.8, 4) is 0 Å². The molecule has 0 radical (unpaired) electrons. The predicted molar refractivity (Wildman–Crippen MR) is 52.0 cm³/mol. The van der Waals surface area contributed by atoms with Crippen molar-refractivity contribution in [2.24, 2.45) is 10.6 Å². The monoisotopic (exact) mass is 167 g/mol. The average molecular weight is 167 g/mol. The van der Waals surface area contributed by atoms with Gasteiger partial charge in [-0.3, -0.25) is 0 Å². The molecule has 2 nitrogen and oxygen atoms in total. The summed E-state index contributed by atoms with van der Waals surface area (Å²) in [5.74, 6) is 0. The summed E-state index contributed by atoms with van der Waals surface area (Å²) in [6.45, 7) is 10.0. The van der Waals surface area contributed by atoms with Crippen LogP contribution in [-0.2, 0) is 0 Å². The van der Waals surface area contributed by atoms with Gasteiger partial charge in [-0.1, -0.05) is 25.6 Å². The second-order valence-corrected chi connectivity index (χ2v) is 3.91. The van der Waals surface area contributed by atoms with Crippen LogP contribution in [0.15, 0.2) is 23.1 Å². The second kappa shape index (κ2) is 4.89. The van der Waals surface area contributed by atoms with E-state index in [0.29, 0.717) is 6.54 Å². The summed E-state index contributed by atoms with van der Waals surface area (Å²) in [6, 6.07) is 0. The van der Waals surface area contributed by atoms with E-state index in [-0.39, 0.29) is 5.41 Å². The third-order valence-electron chi connectivity index (χ3n) is 1.97. The van der Waals surface area contributed by atoms with Gasteiger partial charge in [-0.25, -0.2) is 0 Å². The van der Waals surface area contributed by atoms with Gasteiger partial charge in [0.1, 0.15) is 0 Å². The van der Waals surface area contributed by atoms with E-state index >= 15 is 0 Å². The van der Waals surface area contributed by atoms with Crippen LogP contribution in [0.5, 0.6) is 0 Å². The van der Waals surface area contributed by atoms with Crippen molar-refractivity contribution in [2.45, 2.75) is 33.6 Å². The molecule has 0 unspecified atom stereocenters. The van der Waals surface area contributed by atoms with Crippen LogP contribution < -0.4 is 0 Å². The first-order chi connectivity index (χ1) is 5.52. The highest BCUT2D eigenvalue weighted by atomic mass is 16.3. The Hall–Kier alpha value is -0.880. The lowest BCUT2D eigenvalue weighted by Gasteiger charge is -2.19. The smallest absolute Gasteiger partial charge is 0.0862 e. The fourth-order valence-corrected chi connectivity index (χ4v) is 0.868. The van der Waals surface area contributed by atoms with Gasteiger partial charge < -0.3 is 0 Å². The predicted octanol–water partition coefficient (Wildman–Crippen LogP) is 3.29. The molecule has 0 amide bonds. The molecular formula is C10H17NO. The number of nitroso groups, excluding NO2 is 1. The Morgan fingerprint density at radius 3 is 2.58 bits per heavy atom. The summed E-state index contributed by atoms with van der Waals surface area (Å²) >= 11 is 0. The van der Waals surface area contributed by atoms with E-state index in [2.05, 4.69) is 17.5 Å². The molecule has 2 heteroatoms. The SMILES string of the molecule is C=C=C(C)CCC(C)(C)CN=O. The quantitative estimate of drug-likeness (QED) is 0.456. The first kappa shape index (κ1) is 11.1. The van der Waals surface area contributed by atoms with Crippen LogP contribution in [0.4, 0.5) is 0 Å². The van der Waals surface area contributed by atoms with E-state index < -0.39 is 0 Å². The molecule has 0 aliphatic heterocycles. The topological polar surface area (TPSA) is 29.4 Å². The van der Waals surface area contributed by atoms with Crippen LogP contribution in [0.3, 0.4) is 0 Å². The average Bonchev–Trinajstić information content (AvgIpc) is 2.00. The normalized spacial score (nSPS) is 10.6. The van der Waals surface area contributed by atoms with Gasteiger partial charge in [-0.05, 0) is 30.8 Å². The summed E-state index contributed by atoms with van der Waals surface area (Å²) in [5, 5.41) is 2.92. The molecule has 0 heterocycles. The molecule has 0 rings (SSSR count). The highest BCUT2D eigenvalue weighted by Crippen LogP contribution is 2.24. The Balaban J connectivity index is 3.90. The van der Waals surface area contributed by atoms with Crippen molar-refractivity contribution in [2.75, 3.05) is 6.54 Å². The number of rotatable bonds is 5. The summed E-state index contributed by atoms with van der Waals surface area (Å²) in [4.78, 5) is 10.0. The van der Waals surface area contributed by atoms with Crippen molar-refractivity contribution in [3.05, 3.63) is 22.8 Å².